The first kappa shape index (κ1) is 12.6. The predicted molar refractivity (Wildman–Crippen MR) is 73.6 cm³/mol. The number of aromatic amines is 1. The minimum Gasteiger partial charge on any atom is -0.376 e. The second kappa shape index (κ2) is 5.30. The lowest BCUT2D eigenvalue weighted by molar-refractivity contribution is 0.115. The molecule has 0 saturated carbocycles. The van der Waals surface area contributed by atoms with E-state index in [1.165, 1.54) is 0 Å². The van der Waals surface area contributed by atoms with Crippen LogP contribution in [0, 0.1) is 0 Å². The number of aromatic nitrogens is 4. The summed E-state index contributed by atoms with van der Waals surface area (Å²) in [4.78, 5) is 17.8. The van der Waals surface area contributed by atoms with E-state index in [1.54, 1.807) is 6.33 Å². The molecule has 0 aromatic carbocycles. The van der Waals surface area contributed by atoms with Crippen LogP contribution < -0.4 is 4.90 Å². The molecule has 0 bridgehead atoms. The molecule has 1 aliphatic rings. The molecule has 1 atom stereocenters. The number of hydrogen-bond donors (Lipinski definition) is 1. The van der Waals surface area contributed by atoms with Crippen molar-refractivity contribution in [1.82, 2.24) is 19.9 Å². The van der Waals surface area contributed by atoms with Crippen molar-refractivity contribution in [1.29, 1.82) is 0 Å². The minimum absolute atomic E-state index is 0.223. The molecule has 0 spiro atoms. The van der Waals surface area contributed by atoms with Crippen LogP contribution in [-0.4, -0.2) is 45.7 Å². The van der Waals surface area contributed by atoms with E-state index in [-0.39, 0.29) is 11.4 Å². The van der Waals surface area contributed by atoms with Crippen LogP contribution in [0.15, 0.2) is 6.33 Å². The summed E-state index contributed by atoms with van der Waals surface area (Å²) in [5, 5.41) is 0.223. The lowest BCUT2D eigenvalue weighted by Crippen LogP contribution is -2.33. The first-order valence-electron chi connectivity index (χ1n) is 6.51. The summed E-state index contributed by atoms with van der Waals surface area (Å²) in [6.45, 7) is 4.60. The van der Waals surface area contributed by atoms with Gasteiger partial charge in [-0.25, -0.2) is 4.98 Å². The number of rotatable bonds is 4. The molecule has 6 nitrogen and oxygen atoms in total. The fourth-order valence-electron chi connectivity index (χ4n) is 2.42. The molecule has 1 unspecified atom stereocenters. The van der Waals surface area contributed by atoms with Crippen LogP contribution in [0.4, 0.5) is 5.82 Å². The van der Waals surface area contributed by atoms with Gasteiger partial charge in [-0.3, -0.25) is 0 Å². The van der Waals surface area contributed by atoms with Crippen LogP contribution in [0.25, 0.3) is 11.2 Å². The van der Waals surface area contributed by atoms with Gasteiger partial charge in [-0.15, -0.1) is 0 Å². The van der Waals surface area contributed by atoms with Crippen molar-refractivity contribution in [3.8, 4) is 0 Å². The van der Waals surface area contributed by atoms with Gasteiger partial charge in [-0.2, -0.15) is 9.97 Å². The van der Waals surface area contributed by atoms with Gasteiger partial charge in [-0.05, 0) is 31.4 Å². The Balaban J connectivity index is 1.93. The van der Waals surface area contributed by atoms with E-state index in [0.29, 0.717) is 5.65 Å². The highest BCUT2D eigenvalue weighted by Crippen LogP contribution is 2.24. The molecule has 2 aromatic heterocycles. The zero-order valence-corrected chi connectivity index (χ0v) is 11.5. The molecule has 1 N–H and O–H groups in total. The molecule has 3 heterocycles. The Bertz CT molecular complexity index is 566. The van der Waals surface area contributed by atoms with Crippen molar-refractivity contribution in [3.05, 3.63) is 11.6 Å². The molecule has 19 heavy (non-hydrogen) atoms. The van der Waals surface area contributed by atoms with Crippen LogP contribution in [0.2, 0.25) is 5.28 Å². The summed E-state index contributed by atoms with van der Waals surface area (Å²) in [6.07, 6.45) is 4.11. The SMILES string of the molecule is CCN(CC1CCCO1)c1nc(Cl)nc2nc[nH]c12. The topological polar surface area (TPSA) is 66.9 Å². The molecule has 0 radical (unpaired) electrons. The van der Waals surface area contributed by atoms with Crippen LogP contribution in [-0.2, 0) is 4.74 Å². The Kier molecular flexibility index (Phi) is 3.52. The van der Waals surface area contributed by atoms with E-state index in [9.17, 15) is 0 Å². The maximum absolute atomic E-state index is 5.96. The van der Waals surface area contributed by atoms with Crippen molar-refractivity contribution in [2.45, 2.75) is 25.9 Å². The van der Waals surface area contributed by atoms with Crippen LogP contribution in [0.1, 0.15) is 19.8 Å². The van der Waals surface area contributed by atoms with Crippen molar-refractivity contribution in [2.24, 2.45) is 0 Å². The summed E-state index contributed by atoms with van der Waals surface area (Å²) in [6, 6.07) is 0. The summed E-state index contributed by atoms with van der Waals surface area (Å²) in [7, 11) is 0. The fourth-order valence-corrected chi connectivity index (χ4v) is 2.58. The third-order valence-corrected chi connectivity index (χ3v) is 3.54. The van der Waals surface area contributed by atoms with Gasteiger partial charge in [0.05, 0.1) is 12.4 Å². The zero-order chi connectivity index (χ0) is 13.2. The number of nitrogens with zero attached hydrogens (tertiary/aromatic N) is 4. The smallest absolute Gasteiger partial charge is 0.226 e. The number of hydrogen-bond acceptors (Lipinski definition) is 5. The van der Waals surface area contributed by atoms with E-state index < -0.39 is 0 Å². The van der Waals surface area contributed by atoms with Crippen LogP contribution in [0.3, 0.4) is 0 Å². The van der Waals surface area contributed by atoms with Gasteiger partial charge in [0.25, 0.3) is 0 Å². The molecule has 7 heteroatoms. The van der Waals surface area contributed by atoms with Crippen molar-refractivity contribution < 1.29 is 4.74 Å². The van der Waals surface area contributed by atoms with Crippen molar-refractivity contribution in [3.63, 3.8) is 0 Å². The largest absolute Gasteiger partial charge is 0.376 e. The summed E-state index contributed by atoms with van der Waals surface area (Å²) >= 11 is 5.96. The predicted octanol–water partition coefficient (Wildman–Crippen LogP) is 2.01. The molecule has 3 rings (SSSR count). The molecule has 1 saturated heterocycles. The Hall–Kier alpha value is -1.40. The highest BCUT2D eigenvalue weighted by Gasteiger charge is 2.21. The minimum atomic E-state index is 0.223. The van der Waals surface area contributed by atoms with Crippen LogP contribution in [0.5, 0.6) is 0 Å². The van der Waals surface area contributed by atoms with E-state index in [1.807, 2.05) is 0 Å². The Morgan fingerprint density at radius 2 is 2.42 bits per heavy atom. The highest BCUT2D eigenvalue weighted by atomic mass is 35.5. The second-order valence-electron chi connectivity index (χ2n) is 4.59. The van der Waals surface area contributed by atoms with E-state index >= 15 is 0 Å². The monoisotopic (exact) mass is 281 g/mol. The molecule has 0 amide bonds. The number of H-pyrrole nitrogens is 1. The third-order valence-electron chi connectivity index (χ3n) is 3.37. The Labute approximate surface area is 116 Å². The Morgan fingerprint density at radius 3 is 3.16 bits per heavy atom. The number of halogens is 1. The van der Waals surface area contributed by atoms with Gasteiger partial charge in [0, 0.05) is 19.7 Å². The van der Waals surface area contributed by atoms with E-state index in [4.69, 9.17) is 16.3 Å². The highest BCUT2D eigenvalue weighted by molar-refractivity contribution is 6.28. The van der Waals surface area contributed by atoms with Gasteiger partial charge < -0.3 is 14.6 Å². The number of likely N-dealkylation sites (N-methyl/N-ethyl adjacent to an activating group) is 1. The van der Waals surface area contributed by atoms with Gasteiger partial charge in [0.15, 0.2) is 11.5 Å². The van der Waals surface area contributed by atoms with E-state index in [0.717, 1.165) is 43.9 Å². The summed E-state index contributed by atoms with van der Waals surface area (Å²) in [5.74, 6) is 0.797. The van der Waals surface area contributed by atoms with Crippen LogP contribution >= 0.6 is 11.6 Å². The number of fused-ring (bicyclic) bond motifs is 1. The normalized spacial score (nSPS) is 19.2. The van der Waals surface area contributed by atoms with Gasteiger partial charge >= 0.3 is 0 Å². The molecular formula is C12H16ClN5O. The first-order valence-corrected chi connectivity index (χ1v) is 6.89. The second-order valence-corrected chi connectivity index (χ2v) is 4.93. The molecule has 1 aliphatic heterocycles. The maximum atomic E-state index is 5.96. The Morgan fingerprint density at radius 1 is 1.53 bits per heavy atom. The zero-order valence-electron chi connectivity index (χ0n) is 10.8. The van der Waals surface area contributed by atoms with Gasteiger partial charge in [-0.1, -0.05) is 0 Å². The number of anilines is 1. The van der Waals surface area contributed by atoms with Gasteiger partial charge in [0.2, 0.25) is 5.28 Å². The van der Waals surface area contributed by atoms with E-state index in [2.05, 4.69) is 31.8 Å². The molecular weight excluding hydrogens is 266 g/mol. The van der Waals surface area contributed by atoms with Crippen molar-refractivity contribution in [2.75, 3.05) is 24.6 Å². The summed E-state index contributed by atoms with van der Waals surface area (Å²) in [5.41, 5.74) is 1.42. The fraction of sp³-hybridized carbons (Fsp3) is 0.583. The van der Waals surface area contributed by atoms with Gasteiger partial charge in [0.1, 0.15) is 5.52 Å². The standard InChI is InChI=1S/C12H16ClN5O/c1-2-18(6-8-4-3-5-19-8)11-9-10(15-7-14-9)16-12(13)17-11/h7-8H,2-6H2,1H3,(H,14,15,16,17). The first-order chi connectivity index (χ1) is 9.28. The third kappa shape index (κ3) is 2.50. The quantitative estimate of drug-likeness (QED) is 0.869. The number of nitrogens with one attached hydrogen (secondary N) is 1. The summed E-state index contributed by atoms with van der Waals surface area (Å²) < 4.78 is 5.69. The average Bonchev–Trinajstić information content (AvgIpc) is 3.05. The lowest BCUT2D eigenvalue weighted by atomic mass is 10.2. The molecule has 1 fully saturated rings. The maximum Gasteiger partial charge on any atom is 0.226 e. The number of imidazole rings is 1. The van der Waals surface area contributed by atoms with Crippen molar-refractivity contribution >= 4 is 28.6 Å². The lowest BCUT2D eigenvalue weighted by Gasteiger charge is -2.25. The molecule has 102 valence electrons. The molecule has 0 aliphatic carbocycles. The number of ether oxygens (including phenoxy) is 1. The molecule has 2 aromatic rings. The average molecular weight is 282 g/mol.